The van der Waals surface area contributed by atoms with E-state index in [1.807, 2.05) is 44.2 Å². The number of nitrogens with zero attached hydrogens (tertiary/aromatic N) is 2. The fraction of sp³-hybridized carbons (Fsp3) is 0.235. The van der Waals surface area contributed by atoms with Crippen LogP contribution < -0.4 is 9.62 Å². The minimum atomic E-state index is -4.33. The number of benzene rings is 4. The number of hydrogen-bond donors (Lipinski definition) is 1. The van der Waals surface area contributed by atoms with Gasteiger partial charge in [-0.2, -0.15) is 0 Å². The highest BCUT2D eigenvalue weighted by Gasteiger charge is 2.35. The molecule has 0 saturated heterocycles. The molecule has 0 aliphatic rings. The maximum Gasteiger partial charge on any atom is 0.264 e. The van der Waals surface area contributed by atoms with E-state index >= 15 is 0 Å². The van der Waals surface area contributed by atoms with E-state index < -0.39 is 28.5 Å². The van der Waals surface area contributed by atoms with Crippen LogP contribution in [0.1, 0.15) is 25.0 Å². The monoisotopic (exact) mass is 719 g/mol. The first-order valence-electron chi connectivity index (χ1n) is 14.4. The Hall–Kier alpha value is -3.27. The number of sulfonamides is 1. The van der Waals surface area contributed by atoms with E-state index in [2.05, 4.69) is 5.32 Å². The molecule has 1 N–H and O–H groups in total. The number of hydrogen-bond acceptors (Lipinski definition) is 4. The molecule has 0 bridgehead atoms. The van der Waals surface area contributed by atoms with Crippen molar-refractivity contribution < 1.29 is 18.0 Å². The van der Waals surface area contributed by atoms with Crippen molar-refractivity contribution in [3.05, 3.63) is 128 Å². The van der Waals surface area contributed by atoms with Crippen LogP contribution in [0.15, 0.2) is 102 Å². The Morgan fingerprint density at radius 2 is 1.39 bits per heavy atom. The zero-order valence-corrected chi connectivity index (χ0v) is 29.0. The first-order valence-corrected chi connectivity index (χ1v) is 17.4. The topological polar surface area (TPSA) is 86.8 Å². The summed E-state index contributed by atoms with van der Waals surface area (Å²) in [5.74, 6) is -0.886. The number of halogens is 4. The molecule has 46 heavy (non-hydrogen) atoms. The van der Waals surface area contributed by atoms with Gasteiger partial charge in [0.25, 0.3) is 10.0 Å². The molecule has 12 heteroatoms. The van der Waals surface area contributed by atoms with Gasteiger partial charge in [0.15, 0.2) is 0 Å². The Kier molecular flexibility index (Phi) is 12.4. The van der Waals surface area contributed by atoms with Gasteiger partial charge in [-0.15, -0.1) is 0 Å². The minimum Gasteiger partial charge on any atom is -0.354 e. The zero-order chi connectivity index (χ0) is 33.4. The van der Waals surface area contributed by atoms with E-state index in [0.717, 1.165) is 9.87 Å². The molecule has 4 rings (SSSR count). The van der Waals surface area contributed by atoms with Crippen molar-refractivity contribution in [3.8, 4) is 0 Å². The van der Waals surface area contributed by atoms with Crippen LogP contribution in [-0.2, 0) is 32.6 Å². The first kappa shape index (κ1) is 35.6. The highest BCUT2D eigenvalue weighted by atomic mass is 35.5. The third-order valence-electron chi connectivity index (χ3n) is 7.08. The molecule has 0 heterocycles. The average Bonchev–Trinajstić information content (AvgIpc) is 3.04. The fourth-order valence-electron chi connectivity index (χ4n) is 4.72. The maximum atomic E-state index is 14.5. The Bertz CT molecular complexity index is 1770. The van der Waals surface area contributed by atoms with Gasteiger partial charge in [0.05, 0.1) is 25.7 Å². The number of nitrogens with one attached hydrogen (secondary N) is 1. The van der Waals surface area contributed by atoms with E-state index in [1.165, 1.54) is 35.2 Å². The molecular formula is C34H33Cl4N3O4S. The SMILES string of the molecule is CC(C)CNC(=O)[C@@H](Cc1ccccc1)N(Cc1ccc(Cl)c(Cl)c1)C(=O)CN(c1cc(Cl)ccc1Cl)S(=O)(=O)c1ccccc1. The van der Waals surface area contributed by atoms with Crippen LogP contribution in [0.5, 0.6) is 0 Å². The van der Waals surface area contributed by atoms with Gasteiger partial charge in [-0.05, 0) is 59.5 Å². The number of carbonyl (C=O) groups excluding carboxylic acids is 2. The third kappa shape index (κ3) is 9.17. The van der Waals surface area contributed by atoms with Gasteiger partial charge in [0, 0.05) is 24.5 Å². The second-order valence-corrected chi connectivity index (χ2v) is 14.6. The molecule has 1 atom stereocenters. The quantitative estimate of drug-likeness (QED) is 0.152. The normalized spacial score (nSPS) is 12.1. The molecule has 2 amide bonds. The van der Waals surface area contributed by atoms with Gasteiger partial charge < -0.3 is 10.2 Å². The van der Waals surface area contributed by atoms with Gasteiger partial charge in [0.2, 0.25) is 11.8 Å². The lowest BCUT2D eigenvalue weighted by Crippen LogP contribution is -2.53. The Balaban J connectivity index is 1.83. The van der Waals surface area contributed by atoms with Gasteiger partial charge in [-0.1, -0.05) is 115 Å². The van der Waals surface area contributed by atoms with Gasteiger partial charge in [-0.3, -0.25) is 13.9 Å². The predicted molar refractivity (Wildman–Crippen MR) is 186 cm³/mol. The number of amides is 2. The molecule has 4 aromatic rings. The number of rotatable bonds is 13. The summed E-state index contributed by atoms with van der Waals surface area (Å²) < 4.78 is 29.1. The van der Waals surface area contributed by atoms with Crippen LogP contribution in [0.3, 0.4) is 0 Å². The second kappa shape index (κ2) is 16.0. The van der Waals surface area contributed by atoms with Gasteiger partial charge in [0.1, 0.15) is 12.6 Å². The molecule has 0 radical (unpaired) electrons. The lowest BCUT2D eigenvalue weighted by Gasteiger charge is -2.34. The van der Waals surface area contributed by atoms with Gasteiger partial charge >= 0.3 is 0 Å². The maximum absolute atomic E-state index is 14.5. The van der Waals surface area contributed by atoms with Crippen LogP contribution in [0, 0.1) is 5.92 Å². The molecule has 0 unspecified atom stereocenters. The van der Waals surface area contributed by atoms with Crippen molar-refractivity contribution in [2.24, 2.45) is 5.92 Å². The summed E-state index contributed by atoms with van der Waals surface area (Å²) in [5, 5.41) is 3.85. The lowest BCUT2D eigenvalue weighted by atomic mass is 10.0. The van der Waals surface area contributed by atoms with Crippen molar-refractivity contribution >= 4 is 73.9 Å². The van der Waals surface area contributed by atoms with E-state index in [-0.39, 0.29) is 50.4 Å². The third-order valence-corrected chi connectivity index (χ3v) is 10.1. The van der Waals surface area contributed by atoms with Gasteiger partial charge in [-0.25, -0.2) is 8.42 Å². The first-order chi connectivity index (χ1) is 21.9. The van der Waals surface area contributed by atoms with E-state index in [4.69, 9.17) is 46.4 Å². The van der Waals surface area contributed by atoms with Crippen LogP contribution in [0.25, 0.3) is 0 Å². The van der Waals surface area contributed by atoms with Crippen molar-refractivity contribution in [2.75, 3.05) is 17.4 Å². The fourth-order valence-corrected chi connectivity index (χ4v) is 6.92. The summed E-state index contributed by atoms with van der Waals surface area (Å²) in [4.78, 5) is 29.7. The predicted octanol–water partition coefficient (Wildman–Crippen LogP) is 7.91. The number of carbonyl (C=O) groups is 2. The lowest BCUT2D eigenvalue weighted by molar-refractivity contribution is -0.140. The molecule has 0 saturated carbocycles. The molecule has 4 aromatic carbocycles. The van der Waals surface area contributed by atoms with Crippen molar-refractivity contribution in [1.29, 1.82) is 0 Å². The van der Waals surface area contributed by atoms with E-state index in [0.29, 0.717) is 17.1 Å². The molecular weight excluding hydrogens is 688 g/mol. The molecule has 242 valence electrons. The van der Waals surface area contributed by atoms with E-state index in [1.54, 1.807) is 36.4 Å². The molecule has 0 spiro atoms. The Morgan fingerprint density at radius 3 is 2.02 bits per heavy atom. The van der Waals surface area contributed by atoms with Crippen molar-refractivity contribution in [2.45, 2.75) is 37.8 Å². The Morgan fingerprint density at radius 1 is 0.761 bits per heavy atom. The molecule has 0 aliphatic heterocycles. The second-order valence-electron chi connectivity index (χ2n) is 11.0. The zero-order valence-electron chi connectivity index (χ0n) is 25.2. The highest BCUT2D eigenvalue weighted by Crippen LogP contribution is 2.33. The largest absolute Gasteiger partial charge is 0.354 e. The van der Waals surface area contributed by atoms with Crippen LogP contribution in [0.2, 0.25) is 20.1 Å². The van der Waals surface area contributed by atoms with Crippen molar-refractivity contribution in [1.82, 2.24) is 10.2 Å². The Labute approximate surface area is 290 Å². The van der Waals surface area contributed by atoms with Crippen molar-refractivity contribution in [3.63, 3.8) is 0 Å². The van der Waals surface area contributed by atoms with E-state index in [9.17, 15) is 18.0 Å². The summed E-state index contributed by atoms with van der Waals surface area (Å²) in [6.45, 7) is 3.57. The summed E-state index contributed by atoms with van der Waals surface area (Å²) in [5.41, 5.74) is 1.42. The smallest absolute Gasteiger partial charge is 0.264 e. The summed E-state index contributed by atoms with van der Waals surface area (Å²) in [6.07, 6.45) is 0.168. The standard InChI is InChI=1S/C34H33Cl4N3O4S/c1-23(2)20-39-34(43)32(18-24-9-5-3-6-10-24)40(21-25-13-15-28(36)30(38)17-25)33(42)22-41(31-19-26(35)14-16-29(31)37)46(44,45)27-11-7-4-8-12-27/h3-17,19,23,32H,18,20-22H2,1-2H3,(H,39,43)/t32-/m1/s1. The molecule has 7 nitrogen and oxygen atoms in total. The average molecular weight is 722 g/mol. The summed E-state index contributed by atoms with van der Waals surface area (Å²) >= 11 is 25.3. The van der Waals surface area contributed by atoms with Crippen LogP contribution in [-0.4, -0.2) is 44.3 Å². The number of anilines is 1. The van der Waals surface area contributed by atoms with Crippen LogP contribution in [0.4, 0.5) is 5.69 Å². The highest BCUT2D eigenvalue weighted by molar-refractivity contribution is 7.92. The minimum absolute atomic E-state index is 0.0183. The summed E-state index contributed by atoms with van der Waals surface area (Å²) in [7, 11) is -4.33. The molecule has 0 aromatic heterocycles. The summed E-state index contributed by atoms with van der Waals surface area (Å²) in [6, 6.07) is 25.2. The molecule has 0 fully saturated rings. The van der Waals surface area contributed by atoms with Crippen LogP contribution >= 0.6 is 46.4 Å². The molecule has 0 aliphatic carbocycles.